The van der Waals surface area contributed by atoms with E-state index in [0.717, 1.165) is 36.0 Å². The minimum atomic E-state index is -0.596. The highest BCUT2D eigenvalue weighted by molar-refractivity contribution is 9.10. The number of aryl methyl sites for hydroxylation is 2. The third-order valence-corrected chi connectivity index (χ3v) is 10.1. The first-order valence-electron chi connectivity index (χ1n) is 15.8. The molecule has 2 atom stereocenters. The first-order chi connectivity index (χ1) is 23.2. The van der Waals surface area contributed by atoms with Gasteiger partial charge in [-0.05, 0) is 74.7 Å². The number of hydrogen-bond donors (Lipinski definition) is 4. The second kappa shape index (κ2) is 15.5. The summed E-state index contributed by atoms with van der Waals surface area (Å²) >= 11 is 4.83. The molecule has 0 saturated carbocycles. The van der Waals surface area contributed by atoms with Gasteiger partial charge in [-0.15, -0.1) is 11.3 Å². The van der Waals surface area contributed by atoms with Gasteiger partial charge in [0.2, 0.25) is 0 Å². The smallest absolute Gasteiger partial charge is 0.332 e. The van der Waals surface area contributed by atoms with Gasteiger partial charge in [0.15, 0.2) is 5.82 Å². The number of carbonyl (C=O) groups is 2. The van der Waals surface area contributed by atoms with Crippen LogP contribution in [0.15, 0.2) is 59.3 Å². The summed E-state index contributed by atoms with van der Waals surface area (Å²) in [5.74, 6) is -0.108. The molecule has 2 aliphatic rings. The molecule has 2 saturated heterocycles. The van der Waals surface area contributed by atoms with Crippen LogP contribution < -0.4 is 30.9 Å². The van der Waals surface area contributed by atoms with Crippen LogP contribution in [0.2, 0.25) is 0 Å². The highest BCUT2D eigenvalue weighted by Crippen LogP contribution is 2.44. The van der Waals surface area contributed by atoms with Gasteiger partial charge in [-0.2, -0.15) is 0 Å². The van der Waals surface area contributed by atoms with Crippen LogP contribution in [0.5, 0.6) is 5.75 Å². The molecule has 4 N–H and O–H groups in total. The number of carbonyl (C=O) groups excluding carboxylic acids is 2. The Morgan fingerprint density at radius 1 is 1.10 bits per heavy atom. The Morgan fingerprint density at radius 2 is 1.96 bits per heavy atom. The molecule has 0 radical (unpaired) electrons. The van der Waals surface area contributed by atoms with E-state index >= 15 is 0 Å². The van der Waals surface area contributed by atoms with E-state index in [-0.39, 0.29) is 35.4 Å². The number of hydrogen-bond acceptors (Lipinski definition) is 9. The van der Waals surface area contributed by atoms with Crippen LogP contribution in [0.4, 0.5) is 26.4 Å². The zero-order chi connectivity index (χ0) is 33.6. The van der Waals surface area contributed by atoms with E-state index in [0.29, 0.717) is 53.0 Å². The number of aromatic nitrogens is 2. The third-order valence-electron chi connectivity index (χ3n) is 8.03. The summed E-state index contributed by atoms with van der Waals surface area (Å²) < 4.78 is 27.4. The van der Waals surface area contributed by atoms with Crippen molar-refractivity contribution in [2.24, 2.45) is 0 Å². The molecule has 4 aromatic rings. The third kappa shape index (κ3) is 8.18. The molecule has 1 unspecified atom stereocenters. The lowest BCUT2D eigenvalue weighted by Crippen LogP contribution is -2.45. The van der Waals surface area contributed by atoms with E-state index in [2.05, 4.69) is 47.2 Å². The molecule has 2 aliphatic heterocycles. The number of urea groups is 1. The fraction of sp³-hybridized carbons (Fsp3) is 0.353. The van der Waals surface area contributed by atoms with Gasteiger partial charge in [-0.3, -0.25) is 20.0 Å². The molecular formula is C34H37BrFN7O4S. The number of nitrogens with one attached hydrogen (secondary N) is 4. The summed E-state index contributed by atoms with van der Waals surface area (Å²) in [5.41, 5.74) is 2.83. The first-order valence-corrected chi connectivity index (χ1v) is 17.4. The zero-order valence-corrected chi connectivity index (χ0v) is 29.0. The molecule has 2 aromatic carbocycles. The van der Waals surface area contributed by atoms with Crippen LogP contribution in [0.3, 0.4) is 0 Å². The van der Waals surface area contributed by atoms with Gasteiger partial charge in [-0.1, -0.05) is 28.1 Å². The lowest BCUT2D eigenvalue weighted by Gasteiger charge is -2.28. The Bertz CT molecular complexity index is 1760. The summed E-state index contributed by atoms with van der Waals surface area (Å²) in [6, 6.07) is 10.8. The highest BCUT2D eigenvalue weighted by atomic mass is 79.9. The fourth-order valence-corrected chi connectivity index (χ4v) is 6.91. The van der Waals surface area contributed by atoms with Crippen molar-refractivity contribution in [3.05, 3.63) is 81.3 Å². The Morgan fingerprint density at radius 3 is 2.69 bits per heavy atom. The predicted octanol–water partition coefficient (Wildman–Crippen LogP) is 5.94. The van der Waals surface area contributed by atoms with Crippen LogP contribution in [-0.2, 0) is 4.74 Å². The molecule has 0 aliphatic carbocycles. The number of ether oxygens (including phenoxy) is 2. The molecule has 2 aromatic heterocycles. The maximum atomic E-state index is 14.5. The van der Waals surface area contributed by atoms with Crippen molar-refractivity contribution in [1.29, 1.82) is 0 Å². The highest BCUT2D eigenvalue weighted by Gasteiger charge is 2.31. The average Bonchev–Trinajstić information content (AvgIpc) is 3.53. The second-order valence-corrected chi connectivity index (χ2v) is 13.6. The SMILES string of the molecule is Cc1cnc(NC(=O)N(c2cc(Br)c(C)cc2OCC2CNCCO2)c2cc(-c3cccc(F)c3)sc2C(=O)N[C@H]2CCCNC2)cn1. The lowest BCUT2D eigenvalue weighted by atomic mass is 10.1. The van der Waals surface area contributed by atoms with Gasteiger partial charge < -0.3 is 25.4 Å². The van der Waals surface area contributed by atoms with E-state index in [9.17, 15) is 14.0 Å². The van der Waals surface area contributed by atoms with Crippen LogP contribution in [0.25, 0.3) is 10.4 Å². The maximum Gasteiger partial charge on any atom is 0.332 e. The number of morpholine rings is 1. The van der Waals surface area contributed by atoms with Crippen molar-refractivity contribution in [2.75, 3.05) is 49.6 Å². The Labute approximate surface area is 290 Å². The van der Waals surface area contributed by atoms with Gasteiger partial charge in [0.05, 0.1) is 36.1 Å². The van der Waals surface area contributed by atoms with Gasteiger partial charge in [0, 0.05) is 35.0 Å². The van der Waals surface area contributed by atoms with Crippen LogP contribution in [-0.4, -0.2) is 73.4 Å². The van der Waals surface area contributed by atoms with Crippen molar-refractivity contribution >= 4 is 56.4 Å². The number of piperidine rings is 1. The first kappa shape index (κ1) is 33.9. The zero-order valence-electron chi connectivity index (χ0n) is 26.6. The lowest BCUT2D eigenvalue weighted by molar-refractivity contribution is 0.000308. The minimum Gasteiger partial charge on any atom is -0.489 e. The molecule has 252 valence electrons. The maximum absolute atomic E-state index is 14.5. The Hall–Kier alpha value is -3.95. The molecule has 2 fully saturated rings. The number of nitrogens with zero attached hydrogens (tertiary/aromatic N) is 3. The van der Waals surface area contributed by atoms with Crippen LogP contribution in [0, 0.1) is 19.7 Å². The molecule has 0 bridgehead atoms. The normalized spacial score (nSPS) is 17.8. The number of rotatable bonds is 9. The van der Waals surface area contributed by atoms with E-state index in [1.54, 1.807) is 37.4 Å². The summed E-state index contributed by atoms with van der Waals surface area (Å²) in [5, 5.41) is 12.6. The number of thiophene rings is 1. The monoisotopic (exact) mass is 737 g/mol. The molecular weight excluding hydrogens is 701 g/mol. The molecule has 14 heteroatoms. The number of benzene rings is 2. The van der Waals surface area contributed by atoms with Crippen molar-refractivity contribution in [1.82, 2.24) is 25.9 Å². The quantitative estimate of drug-likeness (QED) is 0.166. The van der Waals surface area contributed by atoms with Gasteiger partial charge in [0.25, 0.3) is 5.91 Å². The minimum absolute atomic E-state index is 0.0829. The van der Waals surface area contributed by atoms with Crippen molar-refractivity contribution in [2.45, 2.75) is 38.8 Å². The average molecular weight is 739 g/mol. The van der Waals surface area contributed by atoms with Gasteiger partial charge in [-0.25, -0.2) is 14.2 Å². The fourth-order valence-electron chi connectivity index (χ4n) is 5.54. The van der Waals surface area contributed by atoms with Crippen LogP contribution >= 0.6 is 27.3 Å². The molecule has 6 rings (SSSR count). The molecule has 4 heterocycles. The molecule has 3 amide bonds. The van der Waals surface area contributed by atoms with E-state index < -0.39 is 11.8 Å². The number of halogens is 2. The summed E-state index contributed by atoms with van der Waals surface area (Å²) in [7, 11) is 0. The van der Waals surface area contributed by atoms with Gasteiger partial charge >= 0.3 is 6.03 Å². The second-order valence-electron chi connectivity index (χ2n) is 11.7. The number of amides is 3. The molecule has 11 nitrogen and oxygen atoms in total. The Kier molecular flexibility index (Phi) is 11.0. The topological polar surface area (TPSA) is 130 Å². The molecule has 0 spiro atoms. The summed E-state index contributed by atoms with van der Waals surface area (Å²) in [6.07, 6.45) is 4.59. The van der Waals surface area contributed by atoms with E-state index in [1.807, 2.05) is 13.0 Å². The standard InChI is InChI=1S/C34H37BrFN7O4S/c1-20-11-29(47-19-25-17-38-9-10-46-25)27(13-26(20)35)43(34(45)42-31-18-39-21(2)15-40-31)28-14-30(22-5-3-6-23(36)12-22)48-32(28)33(44)41-24-7-4-8-37-16-24/h3,5-6,11-15,18,24-25,37-38H,4,7-10,16-17,19H2,1-2H3,(H,41,44)(H,40,42,45)/t24-,25?/m0/s1. The van der Waals surface area contributed by atoms with Crippen molar-refractivity contribution in [3.63, 3.8) is 0 Å². The van der Waals surface area contributed by atoms with Gasteiger partial charge in [0.1, 0.15) is 29.2 Å². The molecule has 48 heavy (non-hydrogen) atoms. The Balaban J connectivity index is 1.47. The number of anilines is 3. The van der Waals surface area contributed by atoms with E-state index in [4.69, 9.17) is 9.47 Å². The summed E-state index contributed by atoms with van der Waals surface area (Å²) in [4.78, 5) is 39.5. The largest absolute Gasteiger partial charge is 0.489 e. The summed E-state index contributed by atoms with van der Waals surface area (Å²) in [6.45, 7) is 7.46. The van der Waals surface area contributed by atoms with Crippen molar-refractivity contribution < 1.29 is 23.5 Å². The van der Waals surface area contributed by atoms with Crippen molar-refractivity contribution in [3.8, 4) is 16.2 Å². The van der Waals surface area contributed by atoms with E-state index in [1.165, 1.54) is 34.6 Å². The van der Waals surface area contributed by atoms with Crippen LogP contribution in [0.1, 0.15) is 33.8 Å². The predicted molar refractivity (Wildman–Crippen MR) is 188 cm³/mol.